The van der Waals surface area contributed by atoms with E-state index in [1.165, 1.54) is 0 Å². The highest BCUT2D eigenvalue weighted by Crippen LogP contribution is 2.30. The van der Waals surface area contributed by atoms with Crippen LogP contribution in [0.3, 0.4) is 0 Å². The molecule has 2 N–H and O–H groups in total. The maximum atomic E-state index is 14.0. The number of nitrogens with one attached hydrogen (secondary N) is 2. The Balaban J connectivity index is 2.55. The Bertz CT molecular complexity index is 1080. The molecule has 3 amide bonds. The monoisotopic (exact) mass is 527 g/mol. The Hall–Kier alpha value is -3.00. The summed E-state index contributed by atoms with van der Waals surface area (Å²) in [6.45, 7) is 13.4. The number of carbonyl (C=O) groups excluding carboxylic acids is 3. The number of anilines is 1. The van der Waals surface area contributed by atoms with Gasteiger partial charge in [0.25, 0.3) is 5.91 Å². The molecule has 2 atom stereocenters. The van der Waals surface area contributed by atoms with E-state index in [0.29, 0.717) is 18.7 Å². The zero-order chi connectivity index (χ0) is 27.8. The van der Waals surface area contributed by atoms with Crippen LogP contribution in [0.4, 0.5) is 10.5 Å². The number of nitrogens with zero attached hydrogens (tertiary/aromatic N) is 1. The van der Waals surface area contributed by atoms with Crippen LogP contribution < -0.4 is 10.6 Å². The number of aryl methyl sites for hydroxylation is 3. The van der Waals surface area contributed by atoms with Gasteiger partial charge in [-0.25, -0.2) is 4.79 Å². The lowest BCUT2D eigenvalue weighted by atomic mass is 9.93. The van der Waals surface area contributed by atoms with E-state index < -0.39 is 23.8 Å². The molecule has 2 aromatic rings. The third-order valence-corrected chi connectivity index (χ3v) is 6.35. The summed E-state index contributed by atoms with van der Waals surface area (Å²) in [6, 6.07) is 11.5. The molecule has 0 saturated carbocycles. The van der Waals surface area contributed by atoms with Crippen LogP contribution in [0, 0.1) is 20.8 Å². The second kappa shape index (κ2) is 13.5. The van der Waals surface area contributed by atoms with Crippen LogP contribution in [0.2, 0.25) is 0 Å². The molecule has 2 rings (SSSR count). The molecule has 7 nitrogen and oxygen atoms in total. The predicted molar refractivity (Wildman–Crippen MR) is 152 cm³/mol. The molecule has 0 radical (unpaired) electrons. The predicted octanol–water partition coefficient (Wildman–Crippen LogP) is 5.74. The molecule has 2 aromatic carbocycles. The quantitative estimate of drug-likeness (QED) is 0.344. The van der Waals surface area contributed by atoms with E-state index in [0.717, 1.165) is 28.7 Å². The van der Waals surface area contributed by atoms with E-state index in [9.17, 15) is 14.4 Å². The fourth-order valence-electron chi connectivity index (χ4n) is 4.13. The number of hydrogen-bond donors (Lipinski definition) is 3. The van der Waals surface area contributed by atoms with Crippen molar-refractivity contribution in [1.82, 2.24) is 10.2 Å². The Morgan fingerprint density at radius 1 is 0.973 bits per heavy atom. The number of benzene rings is 2. The molecule has 0 aliphatic heterocycles. The lowest BCUT2D eigenvalue weighted by Gasteiger charge is -2.35. The van der Waals surface area contributed by atoms with Crippen LogP contribution in [0.5, 0.6) is 0 Å². The summed E-state index contributed by atoms with van der Waals surface area (Å²) in [5, 5.41) is 5.69. The Kier molecular flexibility index (Phi) is 11.0. The molecule has 2 unspecified atom stereocenters. The minimum atomic E-state index is -0.965. The van der Waals surface area contributed by atoms with Gasteiger partial charge in [-0.05, 0) is 76.3 Å². The number of amides is 3. The molecule has 0 fully saturated rings. The zero-order valence-corrected chi connectivity index (χ0v) is 23.9. The first-order chi connectivity index (χ1) is 17.4. The summed E-state index contributed by atoms with van der Waals surface area (Å²) < 4.78 is 5.37. The van der Waals surface area contributed by atoms with Crippen molar-refractivity contribution < 1.29 is 19.1 Å². The number of unbranched alkanes of at least 4 members (excludes halogenated alkanes) is 1. The molecule has 202 valence electrons. The van der Waals surface area contributed by atoms with Gasteiger partial charge in [0.1, 0.15) is 17.7 Å². The molecule has 8 heteroatoms. The van der Waals surface area contributed by atoms with Crippen molar-refractivity contribution >= 4 is 36.2 Å². The van der Waals surface area contributed by atoms with Crippen LogP contribution in [0.15, 0.2) is 42.5 Å². The maximum absolute atomic E-state index is 14.0. The normalized spacial score (nSPS) is 12.9. The van der Waals surface area contributed by atoms with E-state index in [1.54, 1.807) is 25.7 Å². The van der Waals surface area contributed by atoms with Gasteiger partial charge in [-0.3, -0.25) is 9.59 Å². The first-order valence-corrected chi connectivity index (χ1v) is 13.4. The van der Waals surface area contributed by atoms with Gasteiger partial charge >= 0.3 is 6.09 Å². The molecular formula is C29H41N3O4S. The maximum Gasteiger partial charge on any atom is 0.408 e. The standard InChI is InChI=1S/C29H41N3O4S/c1-8-9-17-32(27(34)23(18-37)31-28(35)36-29(5,6)7)25(24-20(3)14-12-15-21(24)4)26(33)30-22-16-11-10-13-19(22)2/h10-16,23,25,37H,8-9,17-18H2,1-7H3,(H,30,33)(H,31,35). The van der Waals surface area contributed by atoms with Crippen LogP contribution >= 0.6 is 12.6 Å². The topological polar surface area (TPSA) is 87.7 Å². The number of alkyl carbamates (subject to hydrolysis) is 1. The highest BCUT2D eigenvalue weighted by atomic mass is 32.1. The van der Waals surface area contributed by atoms with Gasteiger partial charge < -0.3 is 20.3 Å². The van der Waals surface area contributed by atoms with Crippen molar-refractivity contribution in [2.75, 3.05) is 17.6 Å². The van der Waals surface area contributed by atoms with Crippen molar-refractivity contribution in [2.24, 2.45) is 0 Å². The molecule has 0 aromatic heterocycles. The van der Waals surface area contributed by atoms with Gasteiger partial charge in [0.15, 0.2) is 0 Å². The molecule has 0 aliphatic carbocycles. The fraction of sp³-hybridized carbons (Fsp3) is 0.483. The largest absolute Gasteiger partial charge is 0.444 e. The number of para-hydroxylation sites is 1. The lowest BCUT2D eigenvalue weighted by Crippen LogP contribution is -2.53. The van der Waals surface area contributed by atoms with Crippen molar-refractivity contribution in [3.63, 3.8) is 0 Å². The van der Waals surface area contributed by atoms with Crippen molar-refractivity contribution in [3.8, 4) is 0 Å². The van der Waals surface area contributed by atoms with E-state index in [1.807, 2.05) is 70.2 Å². The first kappa shape index (κ1) is 30.2. The summed E-state index contributed by atoms with van der Waals surface area (Å²) in [6.07, 6.45) is 0.813. The number of rotatable bonds is 10. The molecule has 0 spiro atoms. The van der Waals surface area contributed by atoms with Crippen molar-refractivity contribution in [2.45, 2.75) is 79.0 Å². The second-order valence-corrected chi connectivity index (χ2v) is 10.6. The van der Waals surface area contributed by atoms with E-state index in [4.69, 9.17) is 4.74 Å². The third-order valence-electron chi connectivity index (χ3n) is 5.99. The Labute approximate surface area is 226 Å². The second-order valence-electron chi connectivity index (χ2n) is 10.3. The van der Waals surface area contributed by atoms with Gasteiger partial charge in [0, 0.05) is 18.0 Å². The first-order valence-electron chi connectivity index (χ1n) is 12.7. The number of carbonyl (C=O) groups is 3. The molecule has 0 bridgehead atoms. The van der Waals surface area contributed by atoms with E-state index >= 15 is 0 Å². The van der Waals surface area contributed by atoms with Crippen LogP contribution in [-0.2, 0) is 14.3 Å². The van der Waals surface area contributed by atoms with Crippen LogP contribution in [0.1, 0.15) is 68.8 Å². The lowest BCUT2D eigenvalue weighted by molar-refractivity contribution is -0.140. The van der Waals surface area contributed by atoms with Gasteiger partial charge in [0.2, 0.25) is 5.91 Å². The van der Waals surface area contributed by atoms with Gasteiger partial charge in [-0.1, -0.05) is 49.7 Å². The van der Waals surface area contributed by atoms with Crippen LogP contribution in [-0.4, -0.2) is 46.7 Å². The minimum absolute atomic E-state index is 0.0551. The molecular weight excluding hydrogens is 486 g/mol. The fourth-order valence-corrected chi connectivity index (χ4v) is 4.38. The number of thiol groups is 1. The molecule has 0 saturated heterocycles. The van der Waals surface area contributed by atoms with Crippen molar-refractivity contribution in [3.05, 3.63) is 64.7 Å². The average Bonchev–Trinajstić information content (AvgIpc) is 2.81. The Morgan fingerprint density at radius 2 is 1.57 bits per heavy atom. The SMILES string of the molecule is CCCCN(C(=O)C(CS)NC(=O)OC(C)(C)C)C(C(=O)Nc1ccccc1C)c1c(C)cccc1C. The van der Waals surface area contributed by atoms with Crippen LogP contribution in [0.25, 0.3) is 0 Å². The van der Waals surface area contributed by atoms with Crippen molar-refractivity contribution in [1.29, 1.82) is 0 Å². The molecule has 0 heterocycles. The minimum Gasteiger partial charge on any atom is -0.444 e. The summed E-state index contributed by atoms with van der Waals surface area (Å²) in [5.74, 6) is -0.646. The summed E-state index contributed by atoms with van der Waals surface area (Å²) >= 11 is 4.35. The van der Waals surface area contributed by atoms with E-state index in [-0.39, 0.29) is 17.6 Å². The molecule has 0 aliphatic rings. The van der Waals surface area contributed by atoms with Gasteiger partial charge in [-0.2, -0.15) is 12.6 Å². The summed E-state index contributed by atoms with van der Waals surface area (Å²) in [4.78, 5) is 42.0. The Morgan fingerprint density at radius 3 is 2.11 bits per heavy atom. The highest BCUT2D eigenvalue weighted by Gasteiger charge is 2.37. The summed E-state index contributed by atoms with van der Waals surface area (Å²) in [5.41, 5.74) is 3.47. The smallest absolute Gasteiger partial charge is 0.408 e. The zero-order valence-electron chi connectivity index (χ0n) is 23.1. The molecule has 37 heavy (non-hydrogen) atoms. The van der Waals surface area contributed by atoms with Gasteiger partial charge in [-0.15, -0.1) is 0 Å². The van der Waals surface area contributed by atoms with Gasteiger partial charge in [0.05, 0.1) is 0 Å². The van der Waals surface area contributed by atoms with E-state index in [2.05, 4.69) is 23.3 Å². The average molecular weight is 528 g/mol. The highest BCUT2D eigenvalue weighted by molar-refractivity contribution is 7.80. The third kappa shape index (κ3) is 8.52. The summed E-state index contributed by atoms with van der Waals surface area (Å²) in [7, 11) is 0. The number of hydrogen-bond acceptors (Lipinski definition) is 5. The number of ether oxygens (including phenoxy) is 1.